The molecule has 8 heteroatoms. The Hall–Kier alpha value is -3.45. The van der Waals surface area contributed by atoms with E-state index in [0.29, 0.717) is 52.6 Å². The van der Waals surface area contributed by atoms with Gasteiger partial charge in [-0.3, -0.25) is 0 Å². The Morgan fingerprint density at radius 1 is 0.750 bits per heavy atom. The molecule has 0 unspecified atom stereocenters. The van der Waals surface area contributed by atoms with E-state index in [0.717, 1.165) is 27.9 Å². The van der Waals surface area contributed by atoms with Crippen LogP contribution in [0, 0.1) is 0 Å². The van der Waals surface area contributed by atoms with Gasteiger partial charge in [-0.2, -0.15) is 0 Å². The zero-order valence-corrected chi connectivity index (χ0v) is 18.3. The number of benzene rings is 3. The van der Waals surface area contributed by atoms with Crippen molar-refractivity contribution in [2.45, 2.75) is 13.1 Å². The van der Waals surface area contributed by atoms with Gasteiger partial charge in [0.05, 0.1) is 14.2 Å². The van der Waals surface area contributed by atoms with Crippen molar-refractivity contribution in [1.29, 1.82) is 0 Å². The third-order valence-electron chi connectivity index (χ3n) is 5.97. The topological polar surface area (TPSA) is 58.6 Å². The Balaban J connectivity index is 1.65. The summed E-state index contributed by atoms with van der Waals surface area (Å²) >= 11 is 6.31. The summed E-state index contributed by atoms with van der Waals surface area (Å²) in [6.45, 7) is 1.47. The molecule has 164 valence electrons. The van der Waals surface area contributed by atoms with Crippen LogP contribution in [0.1, 0.15) is 11.1 Å². The van der Waals surface area contributed by atoms with Crippen LogP contribution in [0.3, 0.4) is 0 Å². The molecule has 0 saturated carbocycles. The largest absolute Gasteiger partial charge is 0.493 e. The fourth-order valence-electron chi connectivity index (χ4n) is 4.60. The SMILES string of the molecule is COc1cc2c(c3c1OCO3)-c1c(cc(OC)c3c1OCO3)CN(c1cccc(Cl)c1)C2. The molecule has 3 heterocycles. The normalized spacial score (nSPS) is 15.2. The Kier molecular flexibility index (Phi) is 4.40. The maximum absolute atomic E-state index is 6.31. The summed E-state index contributed by atoms with van der Waals surface area (Å²) in [7, 11) is 3.26. The van der Waals surface area contributed by atoms with Crippen molar-refractivity contribution in [3.05, 3.63) is 52.5 Å². The van der Waals surface area contributed by atoms with Gasteiger partial charge in [0, 0.05) is 34.9 Å². The Labute approximate surface area is 189 Å². The van der Waals surface area contributed by atoms with Crippen molar-refractivity contribution in [1.82, 2.24) is 0 Å². The molecule has 3 aromatic rings. The first-order valence-electron chi connectivity index (χ1n) is 10.2. The van der Waals surface area contributed by atoms with Gasteiger partial charge < -0.3 is 33.3 Å². The predicted molar refractivity (Wildman–Crippen MR) is 119 cm³/mol. The monoisotopic (exact) mass is 453 g/mol. The van der Waals surface area contributed by atoms with Gasteiger partial charge in [-0.05, 0) is 41.5 Å². The molecule has 3 aliphatic rings. The van der Waals surface area contributed by atoms with Crippen LogP contribution in [-0.4, -0.2) is 27.8 Å². The van der Waals surface area contributed by atoms with E-state index in [1.54, 1.807) is 14.2 Å². The van der Waals surface area contributed by atoms with Gasteiger partial charge in [0.25, 0.3) is 0 Å². The van der Waals surface area contributed by atoms with Crippen LogP contribution in [0.15, 0.2) is 36.4 Å². The number of hydrogen-bond acceptors (Lipinski definition) is 7. The van der Waals surface area contributed by atoms with Gasteiger partial charge in [-0.15, -0.1) is 0 Å². The average Bonchev–Trinajstić information content (AvgIpc) is 3.45. The van der Waals surface area contributed by atoms with Crippen molar-refractivity contribution >= 4 is 17.3 Å². The van der Waals surface area contributed by atoms with Gasteiger partial charge in [0.2, 0.25) is 25.1 Å². The minimum atomic E-state index is 0.130. The van der Waals surface area contributed by atoms with E-state index in [1.807, 2.05) is 36.4 Å². The first-order valence-corrected chi connectivity index (χ1v) is 10.6. The zero-order chi connectivity index (χ0) is 21.8. The lowest BCUT2D eigenvalue weighted by atomic mass is 9.93. The minimum Gasteiger partial charge on any atom is -0.493 e. The molecule has 3 aliphatic heterocycles. The summed E-state index contributed by atoms with van der Waals surface area (Å²) in [5.74, 6) is 3.75. The molecule has 0 aromatic heterocycles. The van der Waals surface area contributed by atoms with Gasteiger partial charge in [0.1, 0.15) is 0 Å². The molecule has 0 atom stereocenters. The van der Waals surface area contributed by atoms with Gasteiger partial charge in [-0.25, -0.2) is 0 Å². The second-order valence-electron chi connectivity index (χ2n) is 7.69. The molecular weight excluding hydrogens is 434 g/mol. The summed E-state index contributed by atoms with van der Waals surface area (Å²) in [5, 5.41) is 0.679. The molecule has 0 radical (unpaired) electrons. The lowest BCUT2D eigenvalue weighted by molar-refractivity contribution is 0.170. The smallest absolute Gasteiger partial charge is 0.231 e. The molecular formula is C24H20ClNO6. The van der Waals surface area contributed by atoms with Crippen LogP contribution < -0.4 is 33.3 Å². The minimum absolute atomic E-state index is 0.130. The summed E-state index contributed by atoms with van der Waals surface area (Å²) in [6.07, 6.45) is 0. The Morgan fingerprint density at radius 3 is 1.78 bits per heavy atom. The number of methoxy groups -OCH3 is 2. The van der Waals surface area contributed by atoms with E-state index >= 15 is 0 Å². The number of anilines is 1. The van der Waals surface area contributed by atoms with Gasteiger partial charge in [0.15, 0.2) is 23.0 Å². The molecule has 3 aromatic carbocycles. The molecule has 0 fully saturated rings. The fraction of sp³-hybridized carbons (Fsp3) is 0.250. The average molecular weight is 454 g/mol. The maximum Gasteiger partial charge on any atom is 0.231 e. The van der Waals surface area contributed by atoms with Crippen molar-refractivity contribution in [3.8, 4) is 45.6 Å². The van der Waals surface area contributed by atoms with Crippen LogP contribution in [0.4, 0.5) is 5.69 Å². The van der Waals surface area contributed by atoms with Gasteiger partial charge >= 0.3 is 0 Å². The van der Waals surface area contributed by atoms with Crippen molar-refractivity contribution < 1.29 is 28.4 Å². The molecule has 6 rings (SSSR count). The van der Waals surface area contributed by atoms with Crippen LogP contribution in [0.5, 0.6) is 34.5 Å². The maximum atomic E-state index is 6.31. The number of rotatable bonds is 3. The van der Waals surface area contributed by atoms with Crippen molar-refractivity contribution in [3.63, 3.8) is 0 Å². The first-order chi connectivity index (χ1) is 15.7. The molecule has 0 saturated heterocycles. The molecule has 0 aliphatic carbocycles. The van der Waals surface area contributed by atoms with Crippen LogP contribution >= 0.6 is 11.6 Å². The quantitative estimate of drug-likeness (QED) is 0.553. The highest BCUT2D eigenvalue weighted by atomic mass is 35.5. The Bertz CT molecular complexity index is 1170. The number of nitrogens with zero attached hydrogens (tertiary/aromatic N) is 1. The lowest BCUT2D eigenvalue weighted by Gasteiger charge is -2.24. The summed E-state index contributed by atoms with van der Waals surface area (Å²) in [4.78, 5) is 2.25. The third-order valence-corrected chi connectivity index (χ3v) is 6.20. The summed E-state index contributed by atoms with van der Waals surface area (Å²) in [5.41, 5.74) is 4.88. The zero-order valence-electron chi connectivity index (χ0n) is 17.6. The van der Waals surface area contributed by atoms with E-state index < -0.39 is 0 Å². The van der Waals surface area contributed by atoms with Crippen molar-refractivity contribution in [2.75, 3.05) is 32.7 Å². The molecule has 0 bridgehead atoms. The van der Waals surface area contributed by atoms with Crippen LogP contribution in [0.2, 0.25) is 5.02 Å². The molecule has 7 nitrogen and oxygen atoms in total. The van der Waals surface area contributed by atoms with Crippen LogP contribution in [0.25, 0.3) is 11.1 Å². The van der Waals surface area contributed by atoms with E-state index in [-0.39, 0.29) is 13.6 Å². The van der Waals surface area contributed by atoms with Gasteiger partial charge in [-0.1, -0.05) is 17.7 Å². The summed E-state index contributed by atoms with van der Waals surface area (Å²) in [6, 6.07) is 11.8. The summed E-state index contributed by atoms with van der Waals surface area (Å²) < 4.78 is 34.7. The van der Waals surface area contributed by atoms with E-state index in [4.69, 9.17) is 40.0 Å². The molecule has 32 heavy (non-hydrogen) atoms. The highest BCUT2D eigenvalue weighted by Gasteiger charge is 2.36. The number of ether oxygens (including phenoxy) is 6. The second-order valence-corrected chi connectivity index (χ2v) is 8.13. The third kappa shape index (κ3) is 2.81. The molecule has 0 amide bonds. The van der Waals surface area contributed by atoms with E-state index in [2.05, 4.69) is 4.90 Å². The molecule has 0 spiro atoms. The van der Waals surface area contributed by atoms with Crippen LogP contribution in [-0.2, 0) is 13.1 Å². The number of halogens is 1. The van der Waals surface area contributed by atoms with E-state index in [1.165, 1.54) is 0 Å². The lowest BCUT2D eigenvalue weighted by Crippen LogP contribution is -2.21. The standard InChI is InChI=1S/C24H20ClNO6/c1-27-17-6-13-9-26(16-5-3-4-15(25)8-16)10-14-7-18(28-2)22-24(32-12-30-22)20(14)19(13)23-21(17)29-11-31-23/h3-8H,9-12H2,1-2H3. The number of hydrogen-bond donors (Lipinski definition) is 0. The molecule has 0 N–H and O–H groups in total. The second kappa shape index (κ2) is 7.31. The highest BCUT2D eigenvalue weighted by Crippen LogP contribution is 2.57. The highest BCUT2D eigenvalue weighted by molar-refractivity contribution is 6.30. The fourth-order valence-corrected chi connectivity index (χ4v) is 4.79. The van der Waals surface area contributed by atoms with E-state index in [9.17, 15) is 0 Å². The number of fused-ring (bicyclic) bond motifs is 7. The predicted octanol–water partition coefficient (Wildman–Crippen LogP) is 5.00. The Morgan fingerprint density at radius 2 is 1.28 bits per heavy atom. The van der Waals surface area contributed by atoms with Crippen molar-refractivity contribution in [2.24, 2.45) is 0 Å². The first kappa shape index (κ1) is 19.3.